The number of hydrogen-bond acceptors (Lipinski definition) is 6. The molecule has 2 heterocycles. The molecule has 0 radical (unpaired) electrons. The molecule has 2 amide bonds. The van der Waals surface area contributed by atoms with Gasteiger partial charge in [-0.3, -0.25) is 4.84 Å². The number of quaternary nitrogens is 1. The number of carbonyl (C=O) groups excluding carboxylic acids is 2. The fourth-order valence-electron chi connectivity index (χ4n) is 3.41. The van der Waals surface area contributed by atoms with Gasteiger partial charge in [0.2, 0.25) is 10.0 Å². The third-order valence-electron chi connectivity index (χ3n) is 4.16. The van der Waals surface area contributed by atoms with E-state index in [2.05, 4.69) is 33.0 Å². The van der Waals surface area contributed by atoms with Crippen LogP contribution in [-0.2, 0) is 19.7 Å². The van der Waals surface area contributed by atoms with E-state index in [1.165, 1.54) is 0 Å². The lowest BCUT2D eigenvalue weighted by Crippen LogP contribution is -2.92. The van der Waals surface area contributed by atoms with Gasteiger partial charge in [0.15, 0.2) is 0 Å². The van der Waals surface area contributed by atoms with Gasteiger partial charge in [-0.05, 0) is 33.8 Å². The molecule has 1 unspecified atom stereocenters. The van der Waals surface area contributed by atoms with E-state index < -0.39 is 34.7 Å². The Morgan fingerprint density at radius 1 is 1.24 bits per heavy atom. The zero-order valence-corrected chi connectivity index (χ0v) is 18.0. The lowest BCUT2D eigenvalue weighted by molar-refractivity contribution is -0.709. The van der Waals surface area contributed by atoms with Gasteiger partial charge in [0.25, 0.3) is 0 Å². The average molecular weight is 429 g/mol. The monoisotopic (exact) mass is 428 g/mol. The highest BCUT2D eigenvalue weighted by molar-refractivity contribution is 7.92. The number of amides is 2. The van der Waals surface area contributed by atoms with Crippen LogP contribution < -0.4 is 14.8 Å². The molecule has 0 spiro atoms. The van der Waals surface area contributed by atoms with Crippen molar-refractivity contribution in [1.29, 1.82) is 0 Å². The van der Waals surface area contributed by atoms with Crippen molar-refractivity contribution in [1.82, 2.24) is 10.1 Å². The standard InChI is InChI=1S/C12H13N3O6S.C6H15N/c1-22(19,20)15-9-5-3-2-4-8(9)10-6-13(15)12(18)14(10)21-7-11(16)17;1-5(2)7-6(3)4/h2-5,10H,6-7H2,1H3,(H,16,17);5-7H,1-4H3. The Balaban J connectivity index is 0.000000370. The molecule has 2 aliphatic rings. The first-order valence-corrected chi connectivity index (χ1v) is 11.2. The van der Waals surface area contributed by atoms with Crippen molar-refractivity contribution < 1.29 is 33.3 Å². The summed E-state index contributed by atoms with van der Waals surface area (Å²) in [5.74, 6) is -1.47. The van der Waals surface area contributed by atoms with Gasteiger partial charge < -0.3 is 15.2 Å². The van der Waals surface area contributed by atoms with Gasteiger partial charge in [0.1, 0.15) is 12.6 Å². The molecule has 1 saturated heterocycles. The van der Waals surface area contributed by atoms with Crippen molar-refractivity contribution >= 4 is 27.7 Å². The van der Waals surface area contributed by atoms with Crippen LogP contribution in [0.2, 0.25) is 0 Å². The van der Waals surface area contributed by atoms with Crippen molar-refractivity contribution in [2.24, 2.45) is 0 Å². The second kappa shape index (κ2) is 8.97. The summed E-state index contributed by atoms with van der Waals surface area (Å²) in [6.07, 6.45) is 0.988. The number of aliphatic carboxylic acids is 1. The number of hydrogen-bond donors (Lipinski definition) is 1. The zero-order valence-electron chi connectivity index (χ0n) is 17.2. The SMILES string of the molecule is CC(C)[NH2+]C(C)C.CS(=O)(=O)N1c2ccccc2C2CN1C(=O)N2OCC(=O)[O-]. The van der Waals surface area contributed by atoms with Gasteiger partial charge >= 0.3 is 6.03 Å². The number of nitrogens with zero attached hydrogens (tertiary/aromatic N) is 3. The van der Waals surface area contributed by atoms with E-state index in [-0.39, 0.29) is 6.54 Å². The predicted octanol–water partition coefficient (Wildman–Crippen LogP) is -0.792. The van der Waals surface area contributed by atoms with E-state index in [0.29, 0.717) is 11.3 Å². The summed E-state index contributed by atoms with van der Waals surface area (Å²) in [5.41, 5.74) is 0.905. The first kappa shape index (κ1) is 22.9. The molecule has 1 aromatic rings. The first-order chi connectivity index (χ1) is 13.4. The van der Waals surface area contributed by atoms with Crippen LogP contribution >= 0.6 is 0 Å². The molecule has 2 bridgehead atoms. The summed E-state index contributed by atoms with van der Waals surface area (Å²) in [7, 11) is -3.73. The molecule has 1 fully saturated rings. The van der Waals surface area contributed by atoms with E-state index in [0.717, 1.165) is 32.8 Å². The maximum atomic E-state index is 12.3. The molecule has 11 heteroatoms. The van der Waals surface area contributed by atoms with Crippen LogP contribution in [0.4, 0.5) is 10.5 Å². The summed E-state index contributed by atoms with van der Waals surface area (Å²) in [4.78, 5) is 27.8. The Morgan fingerprint density at radius 2 is 1.83 bits per heavy atom. The molecule has 0 saturated carbocycles. The Kier molecular flexibility index (Phi) is 7.09. The fraction of sp³-hybridized carbons (Fsp3) is 0.556. The third kappa shape index (κ3) is 5.37. The van der Waals surface area contributed by atoms with Crippen LogP contribution in [-0.4, -0.2) is 62.0 Å². The highest BCUT2D eigenvalue weighted by atomic mass is 32.2. The van der Waals surface area contributed by atoms with Crippen LogP contribution in [0.25, 0.3) is 0 Å². The summed E-state index contributed by atoms with van der Waals surface area (Å²) < 4.78 is 25.0. The summed E-state index contributed by atoms with van der Waals surface area (Å²) in [6.45, 7) is 8.09. The van der Waals surface area contributed by atoms with Gasteiger partial charge in [-0.1, -0.05) is 18.2 Å². The van der Waals surface area contributed by atoms with Crippen molar-refractivity contribution in [2.45, 2.75) is 45.8 Å². The Morgan fingerprint density at radius 3 is 2.31 bits per heavy atom. The van der Waals surface area contributed by atoms with Crippen molar-refractivity contribution in [2.75, 3.05) is 23.8 Å². The van der Waals surface area contributed by atoms with Crippen LogP contribution in [0.5, 0.6) is 0 Å². The number of para-hydroxylation sites is 1. The van der Waals surface area contributed by atoms with Crippen LogP contribution in [0.1, 0.15) is 39.3 Å². The summed E-state index contributed by atoms with van der Waals surface area (Å²) in [5, 5.41) is 14.7. The van der Waals surface area contributed by atoms with Crippen LogP contribution in [0.15, 0.2) is 24.3 Å². The van der Waals surface area contributed by atoms with E-state index in [1.807, 2.05) is 0 Å². The molecule has 3 rings (SSSR count). The van der Waals surface area contributed by atoms with Crippen LogP contribution in [0.3, 0.4) is 0 Å². The number of urea groups is 1. The van der Waals surface area contributed by atoms with Crippen molar-refractivity contribution in [3.05, 3.63) is 29.8 Å². The largest absolute Gasteiger partial charge is 0.548 e. The fourth-order valence-corrected chi connectivity index (χ4v) is 4.43. The van der Waals surface area contributed by atoms with Gasteiger partial charge in [-0.15, -0.1) is 0 Å². The molecule has 10 nitrogen and oxygen atoms in total. The normalized spacial score (nSPS) is 18.1. The minimum Gasteiger partial charge on any atom is -0.548 e. The number of carboxylic acid groups (broad SMARTS) is 1. The van der Waals surface area contributed by atoms with Crippen molar-refractivity contribution in [3.63, 3.8) is 0 Å². The molecule has 1 aromatic carbocycles. The minimum absolute atomic E-state index is 0.0516. The number of anilines is 1. The molecule has 2 N–H and O–H groups in total. The Hall–Kier alpha value is -2.37. The Labute approximate surface area is 171 Å². The maximum absolute atomic E-state index is 12.3. The number of nitrogens with two attached hydrogens (primary N) is 1. The van der Waals surface area contributed by atoms with Gasteiger partial charge in [0.05, 0.1) is 36.5 Å². The molecular formula is C18H28N4O6S. The highest BCUT2D eigenvalue weighted by Gasteiger charge is 2.50. The second-order valence-corrected chi connectivity index (χ2v) is 9.41. The maximum Gasteiger partial charge on any atom is 0.364 e. The smallest absolute Gasteiger partial charge is 0.364 e. The molecule has 0 aliphatic carbocycles. The van der Waals surface area contributed by atoms with Crippen molar-refractivity contribution in [3.8, 4) is 0 Å². The number of hydrazine groups is 1. The molecule has 1 atom stereocenters. The van der Waals surface area contributed by atoms with Gasteiger partial charge in [-0.25, -0.2) is 18.2 Å². The lowest BCUT2D eigenvalue weighted by atomic mass is 10.0. The quantitative estimate of drug-likeness (QED) is 0.633. The topological polar surface area (TPSA) is 127 Å². The Bertz CT molecular complexity index is 852. The number of carbonyl (C=O) groups is 2. The summed E-state index contributed by atoms with van der Waals surface area (Å²) in [6, 6.07) is 6.78. The van der Waals surface area contributed by atoms with E-state index in [9.17, 15) is 23.1 Å². The molecule has 162 valence electrons. The number of hydroxylamine groups is 2. The van der Waals surface area contributed by atoms with E-state index in [1.54, 1.807) is 24.3 Å². The predicted molar refractivity (Wildman–Crippen MR) is 104 cm³/mol. The van der Waals surface area contributed by atoms with Gasteiger partial charge in [-0.2, -0.15) is 9.48 Å². The zero-order chi connectivity index (χ0) is 21.9. The number of rotatable bonds is 6. The summed E-state index contributed by atoms with van der Waals surface area (Å²) >= 11 is 0. The van der Waals surface area contributed by atoms with Gasteiger partial charge in [0, 0.05) is 5.56 Å². The highest BCUT2D eigenvalue weighted by Crippen LogP contribution is 2.43. The van der Waals surface area contributed by atoms with E-state index >= 15 is 0 Å². The molecule has 2 aliphatic heterocycles. The van der Waals surface area contributed by atoms with E-state index in [4.69, 9.17) is 4.84 Å². The van der Waals surface area contributed by atoms with Crippen LogP contribution in [0, 0.1) is 0 Å². The third-order valence-corrected chi connectivity index (χ3v) is 5.19. The number of benzene rings is 1. The first-order valence-electron chi connectivity index (χ1n) is 9.31. The second-order valence-electron chi connectivity index (χ2n) is 7.60. The number of carboxylic acids is 1. The molecule has 29 heavy (non-hydrogen) atoms. The molecule has 0 aromatic heterocycles. The molecular weight excluding hydrogens is 400 g/mol. The number of sulfonamides is 1. The lowest BCUT2D eigenvalue weighted by Gasteiger charge is -2.34. The number of fused-ring (bicyclic) bond motifs is 4. The average Bonchev–Trinajstić information content (AvgIpc) is 2.84. The minimum atomic E-state index is -3.73.